The number of thiophene rings is 1. The number of carbonyl (C=O) groups is 1. The summed E-state index contributed by atoms with van der Waals surface area (Å²) in [6, 6.07) is 13.6. The second-order valence-corrected chi connectivity index (χ2v) is 7.27. The topological polar surface area (TPSA) is 62.7 Å². The van der Waals surface area contributed by atoms with Crippen molar-refractivity contribution < 1.29 is 4.79 Å². The summed E-state index contributed by atoms with van der Waals surface area (Å²) in [5.74, 6) is 0.864. The highest BCUT2D eigenvalue weighted by atomic mass is 32.1. The second-order valence-electron chi connectivity index (χ2n) is 5.93. The van der Waals surface area contributed by atoms with Gasteiger partial charge in [-0.05, 0) is 42.1 Å². The Labute approximate surface area is 155 Å². The van der Waals surface area contributed by atoms with Gasteiger partial charge < -0.3 is 5.32 Å². The molecule has 0 aliphatic rings. The summed E-state index contributed by atoms with van der Waals surface area (Å²) in [4.78, 5) is 13.6. The summed E-state index contributed by atoms with van der Waals surface area (Å²) in [5.41, 5.74) is 1.20. The van der Waals surface area contributed by atoms with Crippen LogP contribution in [0, 0.1) is 4.77 Å². The number of aromatic nitrogens is 3. The van der Waals surface area contributed by atoms with Gasteiger partial charge in [0.25, 0.3) is 0 Å². The highest BCUT2D eigenvalue weighted by Gasteiger charge is 2.21. The standard InChI is InChI=1S/C18H20N4OS2/c1-12(14-7-4-3-5-8-14)11-19-17(23)13(2)22-16(20-21-18(22)24)15-9-6-10-25-15/h3-10,12-13H,11H2,1-2H3,(H,19,23)(H,21,24)/t12-,13+/m1/s1. The van der Waals surface area contributed by atoms with Gasteiger partial charge in [-0.1, -0.05) is 43.3 Å². The Bertz CT molecular complexity index is 883. The molecule has 5 nitrogen and oxygen atoms in total. The minimum atomic E-state index is -0.439. The molecule has 0 saturated heterocycles. The van der Waals surface area contributed by atoms with Crippen molar-refractivity contribution in [2.24, 2.45) is 0 Å². The summed E-state index contributed by atoms with van der Waals surface area (Å²) in [5, 5.41) is 12.1. The van der Waals surface area contributed by atoms with Crippen LogP contribution in [-0.4, -0.2) is 27.2 Å². The summed E-state index contributed by atoms with van der Waals surface area (Å²) in [6.07, 6.45) is 0. The van der Waals surface area contributed by atoms with Crippen molar-refractivity contribution in [3.63, 3.8) is 0 Å². The van der Waals surface area contributed by atoms with Crippen molar-refractivity contribution in [2.75, 3.05) is 6.54 Å². The fourth-order valence-electron chi connectivity index (χ4n) is 2.66. The zero-order valence-electron chi connectivity index (χ0n) is 14.1. The number of benzene rings is 1. The van der Waals surface area contributed by atoms with E-state index in [1.54, 1.807) is 15.9 Å². The maximum atomic E-state index is 12.6. The van der Waals surface area contributed by atoms with E-state index >= 15 is 0 Å². The molecule has 0 bridgehead atoms. The van der Waals surface area contributed by atoms with E-state index in [0.29, 0.717) is 17.1 Å². The average Bonchev–Trinajstić information content (AvgIpc) is 3.28. The summed E-state index contributed by atoms with van der Waals surface area (Å²) >= 11 is 6.89. The quantitative estimate of drug-likeness (QED) is 0.639. The number of H-pyrrole nitrogens is 1. The van der Waals surface area contributed by atoms with Crippen LogP contribution in [0.2, 0.25) is 0 Å². The van der Waals surface area contributed by atoms with Crippen LogP contribution in [0.5, 0.6) is 0 Å². The zero-order valence-corrected chi connectivity index (χ0v) is 15.7. The van der Waals surface area contributed by atoms with Crippen LogP contribution < -0.4 is 5.32 Å². The third-order valence-electron chi connectivity index (χ3n) is 4.16. The zero-order chi connectivity index (χ0) is 17.8. The molecule has 2 heterocycles. The number of aromatic amines is 1. The third-order valence-corrected chi connectivity index (χ3v) is 5.32. The van der Waals surface area contributed by atoms with Crippen molar-refractivity contribution in [3.8, 4) is 10.7 Å². The molecular weight excluding hydrogens is 352 g/mol. The van der Waals surface area contributed by atoms with E-state index in [1.807, 2.05) is 42.6 Å². The monoisotopic (exact) mass is 372 g/mol. The van der Waals surface area contributed by atoms with E-state index in [-0.39, 0.29) is 11.8 Å². The normalized spacial score (nSPS) is 13.4. The Hall–Kier alpha value is -2.25. The smallest absolute Gasteiger partial charge is 0.242 e. The molecule has 0 spiro atoms. The van der Waals surface area contributed by atoms with Crippen molar-refractivity contribution in [1.29, 1.82) is 0 Å². The Morgan fingerprint density at radius 1 is 1.28 bits per heavy atom. The van der Waals surface area contributed by atoms with Crippen LogP contribution in [0.15, 0.2) is 47.8 Å². The Morgan fingerprint density at radius 3 is 2.72 bits per heavy atom. The molecule has 0 saturated carbocycles. The van der Waals surface area contributed by atoms with Gasteiger partial charge in [0.05, 0.1) is 4.88 Å². The van der Waals surface area contributed by atoms with E-state index < -0.39 is 6.04 Å². The molecule has 1 amide bonds. The van der Waals surface area contributed by atoms with Gasteiger partial charge in [0.1, 0.15) is 6.04 Å². The van der Waals surface area contributed by atoms with Crippen LogP contribution in [0.1, 0.15) is 31.4 Å². The molecule has 0 radical (unpaired) electrons. The molecule has 130 valence electrons. The number of rotatable bonds is 6. The molecule has 0 unspecified atom stereocenters. The van der Waals surface area contributed by atoms with Gasteiger partial charge in [0, 0.05) is 6.54 Å². The number of hydrogen-bond donors (Lipinski definition) is 2. The van der Waals surface area contributed by atoms with Gasteiger partial charge in [-0.25, -0.2) is 0 Å². The number of nitrogens with one attached hydrogen (secondary N) is 2. The first-order valence-electron chi connectivity index (χ1n) is 8.11. The van der Waals surface area contributed by atoms with E-state index in [2.05, 4.69) is 34.6 Å². The lowest BCUT2D eigenvalue weighted by Gasteiger charge is -2.18. The second kappa shape index (κ2) is 7.76. The number of nitrogens with zero attached hydrogens (tertiary/aromatic N) is 2. The molecule has 2 aromatic heterocycles. The molecule has 25 heavy (non-hydrogen) atoms. The summed E-state index contributed by atoms with van der Waals surface area (Å²) in [6.45, 7) is 4.51. The van der Waals surface area contributed by atoms with Crippen molar-refractivity contribution in [2.45, 2.75) is 25.8 Å². The highest BCUT2D eigenvalue weighted by Crippen LogP contribution is 2.25. The fraction of sp³-hybridized carbons (Fsp3) is 0.278. The van der Waals surface area contributed by atoms with Crippen LogP contribution >= 0.6 is 23.6 Å². The molecule has 2 N–H and O–H groups in total. The lowest BCUT2D eigenvalue weighted by Crippen LogP contribution is -2.33. The van der Waals surface area contributed by atoms with E-state index in [0.717, 1.165) is 4.88 Å². The SMILES string of the molecule is C[C@H](CNC(=O)[C@H](C)n1c(-c2cccs2)n[nH]c1=S)c1ccccc1. The average molecular weight is 373 g/mol. The Balaban J connectivity index is 1.71. The summed E-state index contributed by atoms with van der Waals surface area (Å²) in [7, 11) is 0. The predicted octanol–water partition coefficient (Wildman–Crippen LogP) is 4.15. The largest absolute Gasteiger partial charge is 0.354 e. The van der Waals surface area contributed by atoms with Crippen LogP contribution in [-0.2, 0) is 4.79 Å². The van der Waals surface area contributed by atoms with Crippen LogP contribution in [0.3, 0.4) is 0 Å². The third kappa shape index (κ3) is 3.88. The maximum Gasteiger partial charge on any atom is 0.242 e. The lowest BCUT2D eigenvalue weighted by atomic mass is 10.0. The molecule has 1 aromatic carbocycles. The maximum absolute atomic E-state index is 12.6. The number of carbonyl (C=O) groups excluding carboxylic acids is 1. The first-order chi connectivity index (χ1) is 12.1. The Kier molecular flexibility index (Phi) is 5.45. The predicted molar refractivity (Wildman–Crippen MR) is 103 cm³/mol. The minimum Gasteiger partial charge on any atom is -0.354 e. The number of amides is 1. The van der Waals surface area contributed by atoms with Gasteiger partial charge in [-0.15, -0.1) is 11.3 Å². The molecule has 2 atom stereocenters. The van der Waals surface area contributed by atoms with Crippen LogP contribution in [0.4, 0.5) is 0 Å². The van der Waals surface area contributed by atoms with Gasteiger partial charge in [0.15, 0.2) is 10.6 Å². The van der Waals surface area contributed by atoms with E-state index in [4.69, 9.17) is 12.2 Å². The van der Waals surface area contributed by atoms with Gasteiger partial charge in [-0.2, -0.15) is 5.10 Å². The first kappa shape index (κ1) is 17.6. The van der Waals surface area contributed by atoms with Crippen LogP contribution in [0.25, 0.3) is 10.7 Å². The summed E-state index contributed by atoms with van der Waals surface area (Å²) < 4.78 is 2.21. The molecular formula is C18H20N4OS2. The Morgan fingerprint density at radius 2 is 2.04 bits per heavy atom. The lowest BCUT2D eigenvalue weighted by molar-refractivity contribution is -0.123. The van der Waals surface area contributed by atoms with Gasteiger partial charge in [0.2, 0.25) is 5.91 Å². The highest BCUT2D eigenvalue weighted by molar-refractivity contribution is 7.71. The van der Waals surface area contributed by atoms with Crippen molar-refractivity contribution in [1.82, 2.24) is 20.1 Å². The number of hydrogen-bond acceptors (Lipinski definition) is 4. The fourth-order valence-corrected chi connectivity index (χ4v) is 3.66. The molecule has 0 aliphatic carbocycles. The van der Waals surface area contributed by atoms with Crippen molar-refractivity contribution >= 4 is 29.5 Å². The first-order valence-corrected chi connectivity index (χ1v) is 9.40. The molecule has 7 heteroatoms. The van der Waals surface area contributed by atoms with Gasteiger partial charge in [-0.3, -0.25) is 14.5 Å². The molecule has 3 rings (SSSR count). The molecule has 0 fully saturated rings. The van der Waals surface area contributed by atoms with Gasteiger partial charge >= 0.3 is 0 Å². The minimum absolute atomic E-state index is 0.0712. The van der Waals surface area contributed by atoms with E-state index in [1.165, 1.54) is 5.56 Å². The molecule has 3 aromatic rings. The molecule has 0 aliphatic heterocycles. The van der Waals surface area contributed by atoms with Crippen molar-refractivity contribution in [3.05, 3.63) is 58.2 Å². The van der Waals surface area contributed by atoms with E-state index in [9.17, 15) is 4.79 Å².